The first-order valence-corrected chi connectivity index (χ1v) is 9.39. The first kappa shape index (κ1) is 18.7. The van der Waals surface area contributed by atoms with Gasteiger partial charge in [0.25, 0.3) is 0 Å². The number of benzene rings is 2. The lowest BCUT2D eigenvalue weighted by Crippen LogP contribution is -2.35. The fourth-order valence-electron chi connectivity index (χ4n) is 2.77. The zero-order valence-corrected chi connectivity index (χ0v) is 16.4. The summed E-state index contributed by atoms with van der Waals surface area (Å²) in [6.45, 7) is 5.13. The molecular formula is C21H22Cl2N2O. The van der Waals surface area contributed by atoms with Crippen molar-refractivity contribution in [1.82, 2.24) is 5.32 Å². The van der Waals surface area contributed by atoms with Gasteiger partial charge in [-0.05, 0) is 56.8 Å². The molecule has 3 rings (SSSR count). The molecule has 3 nitrogen and oxygen atoms in total. The van der Waals surface area contributed by atoms with Crippen molar-refractivity contribution in [3.8, 4) is 11.5 Å². The average molecular weight is 389 g/mol. The summed E-state index contributed by atoms with van der Waals surface area (Å²) in [4.78, 5) is 2.29. The molecule has 1 heterocycles. The van der Waals surface area contributed by atoms with Crippen molar-refractivity contribution in [3.05, 3.63) is 76.6 Å². The van der Waals surface area contributed by atoms with E-state index in [-0.39, 0.29) is 0 Å². The van der Waals surface area contributed by atoms with E-state index in [0.29, 0.717) is 27.6 Å². The second kappa shape index (κ2) is 8.52. The number of ether oxygens (including phenoxy) is 1. The Kier molecular flexibility index (Phi) is 6.12. The normalized spacial score (nSPS) is 13.3. The maximum absolute atomic E-state index is 6.49. The summed E-state index contributed by atoms with van der Waals surface area (Å²) in [5.74, 6) is 1.18. The summed E-state index contributed by atoms with van der Waals surface area (Å²) in [6.07, 6.45) is 7.24. The van der Waals surface area contributed by atoms with Crippen molar-refractivity contribution >= 4 is 28.9 Å². The summed E-state index contributed by atoms with van der Waals surface area (Å²) in [5.41, 5.74) is 2.24. The largest absolute Gasteiger partial charge is 0.454 e. The van der Waals surface area contributed by atoms with Crippen molar-refractivity contribution < 1.29 is 4.74 Å². The molecule has 0 saturated carbocycles. The zero-order valence-electron chi connectivity index (χ0n) is 14.9. The summed E-state index contributed by atoms with van der Waals surface area (Å²) < 4.78 is 5.87. The number of halogens is 2. The van der Waals surface area contributed by atoms with Crippen LogP contribution >= 0.6 is 23.2 Å². The minimum Gasteiger partial charge on any atom is -0.454 e. The Hall–Kier alpha value is -2.10. The lowest BCUT2D eigenvalue weighted by atomic mass is 10.2. The van der Waals surface area contributed by atoms with Gasteiger partial charge < -0.3 is 15.0 Å². The van der Waals surface area contributed by atoms with Gasteiger partial charge in [-0.3, -0.25) is 0 Å². The molecule has 0 bridgehead atoms. The van der Waals surface area contributed by atoms with E-state index in [2.05, 4.69) is 36.2 Å². The fraction of sp³-hybridized carbons (Fsp3) is 0.238. The molecule has 0 aliphatic carbocycles. The number of para-hydroxylation sites is 1. The quantitative estimate of drug-likeness (QED) is 0.619. The lowest BCUT2D eigenvalue weighted by Gasteiger charge is -2.31. The maximum atomic E-state index is 6.49. The highest BCUT2D eigenvalue weighted by Crippen LogP contribution is 2.36. The summed E-state index contributed by atoms with van der Waals surface area (Å²) >= 11 is 12.7. The van der Waals surface area contributed by atoms with Crippen LogP contribution in [0.3, 0.4) is 0 Å². The standard InChI is InChI=1S/C21H22Cl2N2O/c1-15(2)25(14-16-7-5-6-12-24-16)17-10-11-21(19(23)13-17)26-20-9-4-3-8-18(20)22/h3-4,6-13,15,24H,5,14H2,1-2H3. The van der Waals surface area contributed by atoms with Crippen molar-refractivity contribution in [2.75, 3.05) is 11.4 Å². The molecule has 136 valence electrons. The van der Waals surface area contributed by atoms with E-state index in [9.17, 15) is 0 Å². The highest BCUT2D eigenvalue weighted by atomic mass is 35.5. The molecule has 1 aliphatic heterocycles. The third kappa shape index (κ3) is 4.54. The molecule has 0 atom stereocenters. The van der Waals surface area contributed by atoms with Gasteiger partial charge in [-0.2, -0.15) is 0 Å². The molecule has 0 aromatic heterocycles. The topological polar surface area (TPSA) is 24.5 Å². The molecule has 2 aromatic rings. The fourth-order valence-corrected chi connectivity index (χ4v) is 3.15. The number of hydrogen-bond acceptors (Lipinski definition) is 3. The van der Waals surface area contributed by atoms with Crippen molar-refractivity contribution in [3.63, 3.8) is 0 Å². The Labute approximate surface area is 164 Å². The number of dihydropyridines is 1. The van der Waals surface area contributed by atoms with Gasteiger partial charge in [0.2, 0.25) is 0 Å². The number of anilines is 1. The van der Waals surface area contributed by atoms with Crippen LogP contribution in [0, 0.1) is 0 Å². The summed E-state index contributed by atoms with van der Waals surface area (Å²) in [6, 6.07) is 13.5. The van der Waals surface area contributed by atoms with Crippen LogP contribution in [0.4, 0.5) is 5.69 Å². The van der Waals surface area contributed by atoms with Gasteiger partial charge in [0.05, 0.1) is 16.6 Å². The highest BCUT2D eigenvalue weighted by Gasteiger charge is 2.15. The SMILES string of the molecule is CC(C)N(CC1=CCC=CN1)c1ccc(Oc2ccccc2Cl)c(Cl)c1. The first-order chi connectivity index (χ1) is 12.5. The second-order valence-corrected chi connectivity index (χ2v) is 7.20. The van der Waals surface area contributed by atoms with E-state index in [1.165, 1.54) is 5.70 Å². The van der Waals surface area contributed by atoms with Crippen molar-refractivity contribution in [2.24, 2.45) is 0 Å². The monoisotopic (exact) mass is 388 g/mol. The summed E-state index contributed by atoms with van der Waals surface area (Å²) in [5, 5.41) is 4.42. The van der Waals surface area contributed by atoms with Crippen LogP contribution in [-0.4, -0.2) is 12.6 Å². The van der Waals surface area contributed by atoms with E-state index in [0.717, 1.165) is 18.7 Å². The van der Waals surface area contributed by atoms with Crippen molar-refractivity contribution in [2.45, 2.75) is 26.3 Å². The van der Waals surface area contributed by atoms with Gasteiger partial charge in [0, 0.05) is 17.4 Å². The predicted molar refractivity (Wildman–Crippen MR) is 110 cm³/mol. The molecular weight excluding hydrogens is 367 g/mol. The zero-order chi connectivity index (χ0) is 18.5. The van der Waals surface area contributed by atoms with E-state index < -0.39 is 0 Å². The number of allylic oxidation sites excluding steroid dienone is 2. The molecule has 0 fully saturated rings. The third-order valence-electron chi connectivity index (χ3n) is 4.15. The molecule has 0 spiro atoms. The third-order valence-corrected chi connectivity index (χ3v) is 4.76. The van der Waals surface area contributed by atoms with Crippen LogP contribution in [0.2, 0.25) is 10.0 Å². The van der Waals surface area contributed by atoms with E-state index in [1.807, 2.05) is 42.6 Å². The second-order valence-electron chi connectivity index (χ2n) is 6.38. The smallest absolute Gasteiger partial charge is 0.146 e. The molecule has 0 saturated heterocycles. The number of hydrogen-bond donors (Lipinski definition) is 1. The van der Waals surface area contributed by atoms with Crippen LogP contribution in [-0.2, 0) is 0 Å². The minimum atomic E-state index is 0.329. The minimum absolute atomic E-state index is 0.329. The van der Waals surface area contributed by atoms with E-state index >= 15 is 0 Å². The van der Waals surface area contributed by atoms with Crippen LogP contribution in [0.25, 0.3) is 0 Å². The Morgan fingerprint density at radius 2 is 1.85 bits per heavy atom. The Morgan fingerprint density at radius 3 is 2.50 bits per heavy atom. The van der Waals surface area contributed by atoms with Gasteiger partial charge >= 0.3 is 0 Å². The Morgan fingerprint density at radius 1 is 1.08 bits per heavy atom. The highest BCUT2D eigenvalue weighted by molar-refractivity contribution is 6.33. The van der Waals surface area contributed by atoms with Crippen LogP contribution < -0.4 is 15.0 Å². The van der Waals surface area contributed by atoms with Gasteiger partial charge in [-0.15, -0.1) is 0 Å². The van der Waals surface area contributed by atoms with Gasteiger partial charge in [-0.25, -0.2) is 0 Å². The first-order valence-electron chi connectivity index (χ1n) is 8.64. The lowest BCUT2D eigenvalue weighted by molar-refractivity contribution is 0.483. The average Bonchev–Trinajstić information content (AvgIpc) is 2.64. The number of nitrogens with zero attached hydrogens (tertiary/aromatic N) is 1. The van der Waals surface area contributed by atoms with Gasteiger partial charge in [0.15, 0.2) is 0 Å². The number of nitrogens with one attached hydrogen (secondary N) is 1. The molecule has 0 amide bonds. The number of rotatable bonds is 6. The van der Waals surface area contributed by atoms with Gasteiger partial charge in [0.1, 0.15) is 11.5 Å². The molecule has 5 heteroatoms. The van der Waals surface area contributed by atoms with Gasteiger partial charge in [-0.1, -0.05) is 47.5 Å². The van der Waals surface area contributed by atoms with Crippen LogP contribution in [0.1, 0.15) is 20.3 Å². The van der Waals surface area contributed by atoms with Crippen molar-refractivity contribution in [1.29, 1.82) is 0 Å². The molecule has 0 radical (unpaired) electrons. The van der Waals surface area contributed by atoms with Crippen LogP contribution in [0.5, 0.6) is 11.5 Å². The molecule has 1 N–H and O–H groups in total. The molecule has 0 unspecified atom stereocenters. The predicted octanol–water partition coefficient (Wildman–Crippen LogP) is 6.39. The Balaban J connectivity index is 1.80. The molecule has 1 aliphatic rings. The van der Waals surface area contributed by atoms with E-state index in [4.69, 9.17) is 27.9 Å². The summed E-state index contributed by atoms with van der Waals surface area (Å²) in [7, 11) is 0. The van der Waals surface area contributed by atoms with E-state index in [1.54, 1.807) is 6.07 Å². The Bertz CT molecular complexity index is 831. The molecule has 26 heavy (non-hydrogen) atoms. The van der Waals surface area contributed by atoms with Crippen LogP contribution in [0.15, 0.2) is 66.5 Å². The maximum Gasteiger partial charge on any atom is 0.146 e. The molecule has 2 aromatic carbocycles.